The number of urea groups is 1. The summed E-state index contributed by atoms with van der Waals surface area (Å²) < 4.78 is 0. The van der Waals surface area contributed by atoms with Crippen LogP contribution in [0.1, 0.15) is 36.2 Å². The molecule has 7 heteroatoms. The number of nitrogens with one attached hydrogen (secondary N) is 2. The smallest absolute Gasteiger partial charge is 0.322 e. The van der Waals surface area contributed by atoms with E-state index in [1.165, 1.54) is 10.4 Å². The number of hydrogen-bond acceptors (Lipinski definition) is 4. The lowest BCUT2D eigenvalue weighted by Crippen LogP contribution is -2.39. The minimum Gasteiger partial charge on any atom is -0.336 e. The van der Waals surface area contributed by atoms with Crippen LogP contribution in [0.4, 0.5) is 4.79 Å². The molecule has 1 saturated heterocycles. The van der Waals surface area contributed by atoms with Crippen molar-refractivity contribution in [2.24, 2.45) is 0 Å². The van der Waals surface area contributed by atoms with Crippen LogP contribution in [0.3, 0.4) is 0 Å². The normalized spacial score (nSPS) is 24.5. The zero-order valence-electron chi connectivity index (χ0n) is 11.7. The predicted molar refractivity (Wildman–Crippen MR) is 77.8 cm³/mol. The van der Waals surface area contributed by atoms with Gasteiger partial charge in [-0.2, -0.15) is 0 Å². The summed E-state index contributed by atoms with van der Waals surface area (Å²) in [6.45, 7) is 2.75. The van der Waals surface area contributed by atoms with Crippen LogP contribution in [0.25, 0.3) is 0 Å². The largest absolute Gasteiger partial charge is 0.336 e. The second kappa shape index (κ2) is 5.48. The van der Waals surface area contributed by atoms with Gasteiger partial charge in [0, 0.05) is 17.8 Å². The molecule has 1 aromatic rings. The Bertz CT molecular complexity index is 598. The van der Waals surface area contributed by atoms with Crippen molar-refractivity contribution in [2.75, 3.05) is 6.54 Å². The summed E-state index contributed by atoms with van der Waals surface area (Å²) in [6.07, 6.45) is 1.50. The quantitative estimate of drug-likeness (QED) is 0.823. The fourth-order valence-electron chi connectivity index (χ4n) is 2.92. The molecule has 2 aliphatic rings. The van der Waals surface area contributed by atoms with Crippen LogP contribution in [0.15, 0.2) is 11.4 Å². The highest BCUT2D eigenvalue weighted by Crippen LogP contribution is 2.33. The first-order valence-corrected chi connectivity index (χ1v) is 7.91. The highest BCUT2D eigenvalue weighted by molar-refractivity contribution is 7.10. The van der Waals surface area contributed by atoms with E-state index in [0.717, 1.165) is 13.0 Å². The molecular formula is C14H17N3O3S. The number of amides is 4. The van der Waals surface area contributed by atoms with E-state index in [2.05, 4.69) is 22.1 Å². The summed E-state index contributed by atoms with van der Waals surface area (Å²) in [4.78, 5) is 38.1. The molecule has 0 aliphatic carbocycles. The average Bonchev–Trinajstić information content (AvgIpc) is 3.03. The second-order valence-electron chi connectivity index (χ2n) is 5.37. The van der Waals surface area contributed by atoms with Gasteiger partial charge in [0.25, 0.3) is 5.91 Å². The Morgan fingerprint density at radius 2 is 2.29 bits per heavy atom. The highest BCUT2D eigenvalue weighted by Gasteiger charge is 2.32. The molecule has 6 nitrogen and oxygen atoms in total. The predicted octanol–water partition coefficient (Wildman–Crippen LogP) is 1.18. The fourth-order valence-corrected chi connectivity index (χ4v) is 3.89. The maximum Gasteiger partial charge on any atom is 0.322 e. The van der Waals surface area contributed by atoms with Gasteiger partial charge in [-0.25, -0.2) is 4.79 Å². The molecule has 2 unspecified atom stereocenters. The molecule has 2 aliphatic heterocycles. The van der Waals surface area contributed by atoms with Gasteiger partial charge in [0.2, 0.25) is 5.91 Å². The van der Waals surface area contributed by atoms with E-state index in [9.17, 15) is 14.4 Å². The van der Waals surface area contributed by atoms with Gasteiger partial charge in [-0.1, -0.05) is 0 Å². The molecule has 112 valence electrons. The van der Waals surface area contributed by atoms with Gasteiger partial charge in [-0.05, 0) is 36.8 Å². The second-order valence-corrected chi connectivity index (χ2v) is 6.37. The number of carbonyl (C=O) groups excluding carboxylic acids is 3. The third-order valence-corrected chi connectivity index (χ3v) is 5.10. The maximum atomic E-state index is 12.4. The van der Waals surface area contributed by atoms with Gasteiger partial charge in [-0.15, -0.1) is 11.3 Å². The lowest BCUT2D eigenvalue weighted by atomic mass is 10.0. The molecule has 1 fully saturated rings. The first-order valence-electron chi connectivity index (χ1n) is 7.03. The van der Waals surface area contributed by atoms with Crippen molar-refractivity contribution in [1.29, 1.82) is 0 Å². The molecule has 1 aromatic heterocycles. The topological polar surface area (TPSA) is 78.5 Å². The van der Waals surface area contributed by atoms with Crippen molar-refractivity contribution in [2.45, 2.75) is 38.3 Å². The van der Waals surface area contributed by atoms with E-state index in [1.807, 2.05) is 11.8 Å². The lowest BCUT2D eigenvalue weighted by Gasteiger charge is -2.34. The molecule has 0 aromatic carbocycles. The number of thiophene rings is 1. The Balaban J connectivity index is 1.59. The number of carbonyl (C=O) groups is 3. The van der Waals surface area contributed by atoms with Crippen LogP contribution in [-0.2, 0) is 16.0 Å². The van der Waals surface area contributed by atoms with Gasteiger partial charge < -0.3 is 10.2 Å². The zero-order chi connectivity index (χ0) is 15.0. The van der Waals surface area contributed by atoms with E-state index in [1.54, 1.807) is 11.3 Å². The van der Waals surface area contributed by atoms with E-state index >= 15 is 0 Å². The van der Waals surface area contributed by atoms with Crippen molar-refractivity contribution in [3.63, 3.8) is 0 Å². The SMILES string of the molecule is CC1c2ccsc2CCN1C(=O)CCC1NC(=O)NC1=O. The molecule has 21 heavy (non-hydrogen) atoms. The monoisotopic (exact) mass is 307 g/mol. The molecule has 0 saturated carbocycles. The summed E-state index contributed by atoms with van der Waals surface area (Å²) in [7, 11) is 0. The third-order valence-electron chi connectivity index (χ3n) is 4.10. The van der Waals surface area contributed by atoms with Crippen molar-refractivity contribution >= 4 is 29.2 Å². The Hall–Kier alpha value is -1.89. The fraction of sp³-hybridized carbons (Fsp3) is 0.500. The van der Waals surface area contributed by atoms with Gasteiger partial charge >= 0.3 is 6.03 Å². The molecule has 2 N–H and O–H groups in total. The van der Waals surface area contributed by atoms with Gasteiger partial charge in [0.1, 0.15) is 6.04 Å². The average molecular weight is 307 g/mol. The van der Waals surface area contributed by atoms with Gasteiger partial charge in [0.15, 0.2) is 0 Å². The molecule has 0 radical (unpaired) electrons. The summed E-state index contributed by atoms with van der Waals surface area (Å²) >= 11 is 1.74. The first kappa shape index (κ1) is 14.1. The number of fused-ring (bicyclic) bond motifs is 1. The summed E-state index contributed by atoms with van der Waals surface area (Å²) in [5.74, 6) is -0.312. The van der Waals surface area contributed by atoms with Gasteiger partial charge in [0.05, 0.1) is 6.04 Å². The third kappa shape index (κ3) is 2.65. The van der Waals surface area contributed by atoms with E-state index in [-0.39, 0.29) is 24.3 Å². The minimum absolute atomic E-state index is 0.0355. The van der Waals surface area contributed by atoms with E-state index in [0.29, 0.717) is 6.42 Å². The van der Waals surface area contributed by atoms with Crippen LogP contribution in [0, 0.1) is 0 Å². The first-order chi connectivity index (χ1) is 10.1. The van der Waals surface area contributed by atoms with Crippen LogP contribution in [-0.4, -0.2) is 35.3 Å². The maximum absolute atomic E-state index is 12.4. The Morgan fingerprint density at radius 1 is 1.48 bits per heavy atom. The van der Waals surface area contributed by atoms with Crippen molar-refractivity contribution in [3.8, 4) is 0 Å². The Morgan fingerprint density at radius 3 is 3.00 bits per heavy atom. The standard InChI is InChI=1S/C14H17N3O3S/c1-8-9-5-7-21-11(9)4-6-17(8)12(18)3-2-10-13(19)16-14(20)15-10/h5,7-8,10H,2-4,6H2,1H3,(H2,15,16,19,20). The van der Waals surface area contributed by atoms with Crippen molar-refractivity contribution in [3.05, 3.63) is 21.9 Å². The van der Waals surface area contributed by atoms with E-state index in [4.69, 9.17) is 0 Å². The highest BCUT2D eigenvalue weighted by atomic mass is 32.1. The molecular weight excluding hydrogens is 290 g/mol. The van der Waals surface area contributed by atoms with Crippen LogP contribution in [0.5, 0.6) is 0 Å². The molecule has 3 heterocycles. The minimum atomic E-state index is -0.585. The molecule has 4 amide bonds. The number of hydrogen-bond donors (Lipinski definition) is 2. The number of nitrogens with zero attached hydrogens (tertiary/aromatic N) is 1. The molecule has 0 bridgehead atoms. The molecule has 0 spiro atoms. The van der Waals surface area contributed by atoms with Crippen LogP contribution in [0.2, 0.25) is 0 Å². The number of rotatable bonds is 3. The van der Waals surface area contributed by atoms with Crippen LogP contribution < -0.4 is 10.6 Å². The summed E-state index contributed by atoms with van der Waals surface area (Å²) in [5.41, 5.74) is 1.23. The zero-order valence-corrected chi connectivity index (χ0v) is 12.5. The summed E-state index contributed by atoms with van der Waals surface area (Å²) in [5, 5.41) is 6.75. The Labute approximate surface area is 126 Å². The lowest BCUT2D eigenvalue weighted by molar-refractivity contribution is -0.134. The van der Waals surface area contributed by atoms with E-state index < -0.39 is 12.1 Å². The number of imide groups is 1. The summed E-state index contributed by atoms with van der Waals surface area (Å²) in [6, 6.07) is 1.10. The van der Waals surface area contributed by atoms with Crippen LogP contribution >= 0.6 is 11.3 Å². The molecule has 3 rings (SSSR count). The van der Waals surface area contributed by atoms with Crippen molar-refractivity contribution < 1.29 is 14.4 Å². The van der Waals surface area contributed by atoms with Gasteiger partial charge in [-0.3, -0.25) is 14.9 Å². The Kier molecular flexibility index (Phi) is 3.67. The van der Waals surface area contributed by atoms with Crippen molar-refractivity contribution in [1.82, 2.24) is 15.5 Å². The molecule has 2 atom stereocenters.